The molecule has 1 unspecified atom stereocenters. The highest BCUT2D eigenvalue weighted by Gasteiger charge is 2.06. The van der Waals surface area contributed by atoms with Crippen molar-refractivity contribution in [1.29, 1.82) is 0 Å². The minimum absolute atomic E-state index is 0.201. The van der Waals surface area contributed by atoms with Crippen molar-refractivity contribution in [1.82, 2.24) is 5.32 Å². The number of nitrogens with one attached hydrogen (secondary N) is 1. The topological polar surface area (TPSA) is 12.0 Å². The Balaban J connectivity index is 1.87. The number of hydrogen-bond donors (Lipinski definition) is 1. The van der Waals surface area contributed by atoms with Crippen LogP contribution in [0, 0.1) is 12.7 Å². The molecule has 0 spiro atoms. The Bertz CT molecular complexity index is 533. The van der Waals surface area contributed by atoms with Crippen LogP contribution < -0.4 is 5.32 Å². The van der Waals surface area contributed by atoms with Crippen LogP contribution in [0.4, 0.5) is 4.39 Å². The molecule has 0 amide bonds. The van der Waals surface area contributed by atoms with E-state index in [4.69, 9.17) is 0 Å². The Hall–Kier alpha value is -0.710. The van der Waals surface area contributed by atoms with Gasteiger partial charge in [0.2, 0.25) is 0 Å². The quantitative estimate of drug-likeness (QED) is 0.832. The van der Waals surface area contributed by atoms with Gasteiger partial charge in [0, 0.05) is 26.8 Å². The fraction of sp³-hybridized carbons (Fsp3) is 0.333. The van der Waals surface area contributed by atoms with E-state index in [1.807, 2.05) is 17.4 Å². The minimum Gasteiger partial charge on any atom is -0.310 e. The maximum Gasteiger partial charge on any atom is 0.124 e. The summed E-state index contributed by atoms with van der Waals surface area (Å²) in [5, 5.41) is 3.43. The molecule has 1 N–H and O–H groups in total. The Morgan fingerprint density at radius 3 is 2.74 bits per heavy atom. The van der Waals surface area contributed by atoms with Crippen LogP contribution in [0.5, 0.6) is 0 Å². The van der Waals surface area contributed by atoms with Crippen LogP contribution in [0.2, 0.25) is 0 Å². The van der Waals surface area contributed by atoms with E-state index in [1.165, 1.54) is 15.8 Å². The summed E-state index contributed by atoms with van der Waals surface area (Å²) in [5.74, 6) is -0.201. The zero-order valence-corrected chi connectivity index (χ0v) is 13.4. The van der Waals surface area contributed by atoms with E-state index in [1.54, 1.807) is 6.07 Å². The van der Waals surface area contributed by atoms with Crippen molar-refractivity contribution in [2.75, 3.05) is 0 Å². The standard InChI is InChI=1S/C15H17BrFNS/c1-10(5-15-4-3-11(2)19-15)18-9-12-6-13(16)8-14(17)7-12/h3-4,6-8,10,18H,5,9H2,1-2H3. The first-order chi connectivity index (χ1) is 9.02. The maximum atomic E-state index is 13.2. The molecule has 1 nitrogen and oxygen atoms in total. The van der Waals surface area contributed by atoms with Gasteiger partial charge in [0.05, 0.1) is 0 Å². The van der Waals surface area contributed by atoms with Gasteiger partial charge in [-0.3, -0.25) is 0 Å². The van der Waals surface area contributed by atoms with E-state index in [9.17, 15) is 4.39 Å². The van der Waals surface area contributed by atoms with Gasteiger partial charge in [0.1, 0.15) is 5.82 Å². The van der Waals surface area contributed by atoms with Gasteiger partial charge < -0.3 is 5.32 Å². The summed E-state index contributed by atoms with van der Waals surface area (Å²) < 4.78 is 14.0. The molecular weight excluding hydrogens is 325 g/mol. The van der Waals surface area contributed by atoms with Crippen LogP contribution in [-0.4, -0.2) is 6.04 Å². The molecule has 2 rings (SSSR count). The van der Waals surface area contributed by atoms with Crippen LogP contribution >= 0.6 is 27.3 Å². The molecule has 0 fully saturated rings. The number of halogens is 2. The zero-order chi connectivity index (χ0) is 13.8. The summed E-state index contributed by atoms with van der Waals surface area (Å²) in [5.41, 5.74) is 0.959. The highest BCUT2D eigenvalue weighted by Crippen LogP contribution is 2.17. The van der Waals surface area contributed by atoms with E-state index >= 15 is 0 Å². The number of thiophene rings is 1. The first-order valence-electron chi connectivity index (χ1n) is 6.26. The maximum absolute atomic E-state index is 13.2. The summed E-state index contributed by atoms with van der Waals surface area (Å²) in [6.45, 7) is 4.96. The summed E-state index contributed by atoms with van der Waals surface area (Å²) in [6.07, 6.45) is 1.01. The molecule has 4 heteroatoms. The molecule has 0 saturated heterocycles. The van der Waals surface area contributed by atoms with Crippen LogP contribution in [0.25, 0.3) is 0 Å². The average molecular weight is 342 g/mol. The van der Waals surface area contributed by atoms with Crippen molar-refractivity contribution < 1.29 is 4.39 Å². The predicted molar refractivity (Wildman–Crippen MR) is 83.2 cm³/mol. The number of benzene rings is 1. The van der Waals surface area contributed by atoms with E-state index in [-0.39, 0.29) is 5.82 Å². The zero-order valence-electron chi connectivity index (χ0n) is 11.0. The predicted octanol–water partition coefficient (Wildman–Crippen LogP) is 4.68. The molecular formula is C15H17BrFNS. The summed E-state index contributed by atoms with van der Waals surface area (Å²) in [4.78, 5) is 2.73. The molecule has 0 aliphatic rings. The Morgan fingerprint density at radius 1 is 1.32 bits per heavy atom. The van der Waals surface area contributed by atoms with Crippen molar-refractivity contribution >= 4 is 27.3 Å². The Labute approximate surface area is 126 Å². The van der Waals surface area contributed by atoms with Gasteiger partial charge in [0.15, 0.2) is 0 Å². The van der Waals surface area contributed by atoms with Crippen LogP contribution in [0.15, 0.2) is 34.8 Å². The molecule has 0 aliphatic heterocycles. The minimum atomic E-state index is -0.201. The fourth-order valence-corrected chi connectivity index (χ4v) is 3.51. The van der Waals surface area contributed by atoms with E-state index in [0.29, 0.717) is 12.6 Å². The van der Waals surface area contributed by atoms with Crippen LogP contribution in [0.1, 0.15) is 22.2 Å². The second-order valence-corrected chi connectivity index (χ2v) is 7.06. The molecule has 1 atom stereocenters. The lowest BCUT2D eigenvalue weighted by Crippen LogP contribution is -2.27. The highest BCUT2D eigenvalue weighted by atomic mass is 79.9. The summed E-state index contributed by atoms with van der Waals surface area (Å²) in [7, 11) is 0. The molecule has 0 saturated carbocycles. The molecule has 1 aromatic carbocycles. The molecule has 19 heavy (non-hydrogen) atoms. The lowest BCUT2D eigenvalue weighted by atomic mass is 10.1. The first kappa shape index (κ1) is 14.7. The summed E-state index contributed by atoms with van der Waals surface area (Å²) in [6, 6.07) is 9.69. The lowest BCUT2D eigenvalue weighted by Gasteiger charge is -2.13. The van der Waals surface area contributed by atoms with Gasteiger partial charge in [-0.2, -0.15) is 0 Å². The molecule has 0 aliphatic carbocycles. The van der Waals surface area contributed by atoms with Gasteiger partial charge in [-0.15, -0.1) is 11.3 Å². The van der Waals surface area contributed by atoms with E-state index in [0.717, 1.165) is 16.5 Å². The lowest BCUT2D eigenvalue weighted by molar-refractivity contribution is 0.545. The van der Waals surface area contributed by atoms with Crippen molar-refractivity contribution in [3.63, 3.8) is 0 Å². The molecule has 0 bridgehead atoms. The van der Waals surface area contributed by atoms with Crippen molar-refractivity contribution in [2.24, 2.45) is 0 Å². The van der Waals surface area contributed by atoms with Crippen LogP contribution in [-0.2, 0) is 13.0 Å². The third kappa shape index (κ3) is 4.71. The highest BCUT2D eigenvalue weighted by molar-refractivity contribution is 9.10. The van der Waals surface area contributed by atoms with Crippen molar-refractivity contribution in [3.8, 4) is 0 Å². The largest absolute Gasteiger partial charge is 0.310 e. The summed E-state index contributed by atoms with van der Waals surface area (Å²) >= 11 is 5.15. The van der Waals surface area contributed by atoms with Gasteiger partial charge in [-0.1, -0.05) is 15.9 Å². The van der Waals surface area contributed by atoms with Crippen LogP contribution in [0.3, 0.4) is 0 Å². The fourth-order valence-electron chi connectivity index (χ4n) is 1.97. The Kier molecular flexibility index (Phi) is 5.13. The van der Waals surface area contributed by atoms with Crippen molar-refractivity contribution in [2.45, 2.75) is 32.9 Å². The molecule has 1 heterocycles. The van der Waals surface area contributed by atoms with Crippen molar-refractivity contribution in [3.05, 3.63) is 55.9 Å². The smallest absolute Gasteiger partial charge is 0.124 e. The van der Waals surface area contributed by atoms with Gasteiger partial charge in [0.25, 0.3) is 0 Å². The normalized spacial score (nSPS) is 12.6. The second kappa shape index (κ2) is 6.64. The number of hydrogen-bond acceptors (Lipinski definition) is 2. The Morgan fingerprint density at radius 2 is 2.11 bits per heavy atom. The SMILES string of the molecule is Cc1ccc(CC(C)NCc2cc(F)cc(Br)c2)s1. The second-order valence-electron chi connectivity index (χ2n) is 4.78. The third-order valence-corrected chi connectivity index (χ3v) is 4.36. The van der Waals surface area contributed by atoms with E-state index in [2.05, 4.69) is 47.2 Å². The third-order valence-electron chi connectivity index (χ3n) is 2.88. The monoisotopic (exact) mass is 341 g/mol. The number of rotatable bonds is 5. The average Bonchev–Trinajstić information content (AvgIpc) is 2.71. The first-order valence-corrected chi connectivity index (χ1v) is 7.87. The molecule has 102 valence electrons. The number of aryl methyl sites for hydroxylation is 1. The molecule has 0 radical (unpaired) electrons. The molecule has 2 aromatic rings. The molecule has 1 aromatic heterocycles. The van der Waals surface area contributed by atoms with Gasteiger partial charge in [-0.05, 0) is 56.2 Å². The van der Waals surface area contributed by atoms with Gasteiger partial charge >= 0.3 is 0 Å². The van der Waals surface area contributed by atoms with E-state index < -0.39 is 0 Å². The van der Waals surface area contributed by atoms with Gasteiger partial charge in [-0.25, -0.2) is 4.39 Å².